The van der Waals surface area contributed by atoms with Gasteiger partial charge in [0.05, 0.1) is 31.1 Å². The average Bonchev–Trinajstić information content (AvgIpc) is 3.04. The molecule has 0 radical (unpaired) electrons. The molecule has 156 valence electrons. The highest BCUT2D eigenvalue weighted by Crippen LogP contribution is 2.36. The van der Waals surface area contributed by atoms with E-state index in [1.54, 1.807) is 18.2 Å². The molecule has 0 saturated heterocycles. The molecule has 0 aromatic heterocycles. The Morgan fingerprint density at radius 3 is 2.57 bits per heavy atom. The lowest BCUT2D eigenvalue weighted by molar-refractivity contribution is -0.384. The van der Waals surface area contributed by atoms with Gasteiger partial charge in [0, 0.05) is 12.1 Å². The summed E-state index contributed by atoms with van der Waals surface area (Å²) in [5.74, 6) is 0.0279. The van der Waals surface area contributed by atoms with E-state index in [2.05, 4.69) is 43.8 Å². The quantitative estimate of drug-likeness (QED) is 0.131. The van der Waals surface area contributed by atoms with Gasteiger partial charge in [0.15, 0.2) is 5.70 Å². The summed E-state index contributed by atoms with van der Waals surface area (Å²) in [5.41, 5.74) is 0.905. The summed E-state index contributed by atoms with van der Waals surface area (Å²) in [6, 6.07) is 7.45. The lowest BCUT2D eigenvalue weighted by atomic mass is 10.2. The predicted molar refractivity (Wildman–Crippen MR) is 121 cm³/mol. The van der Waals surface area contributed by atoms with E-state index in [4.69, 9.17) is 21.1 Å². The second-order valence-corrected chi connectivity index (χ2v) is 8.39. The first-order valence-electron chi connectivity index (χ1n) is 8.89. The Bertz CT molecular complexity index is 1060. The number of halogens is 3. The molecule has 0 aliphatic carbocycles. The minimum atomic E-state index is -0.644. The van der Waals surface area contributed by atoms with Crippen molar-refractivity contribution in [3.63, 3.8) is 0 Å². The van der Waals surface area contributed by atoms with Crippen LogP contribution in [0.1, 0.15) is 30.9 Å². The fraction of sp³-hybridized carbons (Fsp3) is 0.200. The Hall–Kier alpha value is -2.23. The number of non-ortho nitro benzene ring substituents is 1. The van der Waals surface area contributed by atoms with Crippen molar-refractivity contribution in [3.8, 4) is 5.75 Å². The molecule has 0 atom stereocenters. The normalized spacial score (nSPS) is 14.6. The third-order valence-electron chi connectivity index (χ3n) is 4.08. The number of benzene rings is 2. The minimum absolute atomic E-state index is 0.0104. The van der Waals surface area contributed by atoms with Crippen molar-refractivity contribution in [2.75, 3.05) is 6.61 Å². The van der Waals surface area contributed by atoms with Crippen molar-refractivity contribution in [1.82, 2.24) is 0 Å². The SMILES string of the molecule is CCCCOc1c(Br)cc(/C=C2\N=C(c3ccc([N+](=O)[O-])cc3Cl)OC2=O)cc1Br. The molecule has 10 heteroatoms. The van der Waals surface area contributed by atoms with Crippen LogP contribution in [0.15, 0.2) is 50.0 Å². The van der Waals surface area contributed by atoms with E-state index in [9.17, 15) is 14.9 Å². The Balaban J connectivity index is 1.88. The molecule has 0 fully saturated rings. The molecule has 0 unspecified atom stereocenters. The fourth-order valence-corrected chi connectivity index (χ4v) is 4.30. The molecule has 0 bridgehead atoms. The summed E-state index contributed by atoms with van der Waals surface area (Å²) in [5, 5.41) is 10.9. The molecule has 7 nitrogen and oxygen atoms in total. The van der Waals surface area contributed by atoms with Crippen LogP contribution in [0, 0.1) is 10.1 Å². The van der Waals surface area contributed by atoms with Gasteiger partial charge in [-0.25, -0.2) is 9.79 Å². The molecule has 3 rings (SSSR count). The zero-order valence-electron chi connectivity index (χ0n) is 15.7. The van der Waals surface area contributed by atoms with Crippen LogP contribution in [0.3, 0.4) is 0 Å². The molecule has 0 N–H and O–H groups in total. The van der Waals surface area contributed by atoms with Gasteiger partial charge in [-0.15, -0.1) is 0 Å². The van der Waals surface area contributed by atoms with Crippen LogP contribution in [0.25, 0.3) is 6.08 Å². The number of nitrogens with zero attached hydrogens (tertiary/aromatic N) is 2. The lowest BCUT2D eigenvalue weighted by Gasteiger charge is -2.11. The summed E-state index contributed by atoms with van der Waals surface area (Å²) in [4.78, 5) is 26.7. The number of aliphatic imine (C=N–C) groups is 1. The first kappa shape index (κ1) is 22.5. The molecular weight excluding hydrogens is 543 g/mol. The van der Waals surface area contributed by atoms with Crippen LogP contribution < -0.4 is 4.74 Å². The predicted octanol–water partition coefficient (Wildman–Crippen LogP) is 6.30. The number of nitro groups is 1. The highest BCUT2D eigenvalue weighted by molar-refractivity contribution is 9.11. The Morgan fingerprint density at radius 2 is 1.97 bits per heavy atom. The second-order valence-electron chi connectivity index (χ2n) is 6.27. The van der Waals surface area contributed by atoms with E-state index >= 15 is 0 Å². The summed E-state index contributed by atoms with van der Waals surface area (Å²) in [6.45, 7) is 2.69. The number of rotatable bonds is 7. The molecule has 1 aliphatic heterocycles. The number of nitro benzene ring substituents is 1. The molecule has 1 aliphatic rings. The highest BCUT2D eigenvalue weighted by Gasteiger charge is 2.26. The van der Waals surface area contributed by atoms with Crippen LogP contribution >= 0.6 is 43.5 Å². The second kappa shape index (κ2) is 9.72. The third-order valence-corrected chi connectivity index (χ3v) is 5.57. The van der Waals surface area contributed by atoms with E-state index in [0.29, 0.717) is 23.5 Å². The van der Waals surface area contributed by atoms with Gasteiger partial charge >= 0.3 is 5.97 Å². The number of ether oxygens (including phenoxy) is 2. The van der Waals surface area contributed by atoms with Crippen molar-refractivity contribution in [1.29, 1.82) is 0 Å². The minimum Gasteiger partial charge on any atom is -0.491 e. The largest absolute Gasteiger partial charge is 0.491 e. The van der Waals surface area contributed by atoms with Crippen LogP contribution in [0.2, 0.25) is 5.02 Å². The number of carbonyl (C=O) groups is 1. The molecule has 2 aromatic carbocycles. The number of unbranched alkanes of at least 4 members (excludes halogenated alkanes) is 1. The summed E-state index contributed by atoms with van der Waals surface area (Å²) >= 11 is 13.1. The van der Waals surface area contributed by atoms with E-state index < -0.39 is 10.9 Å². The third kappa shape index (κ3) is 5.08. The standard InChI is InChI=1S/C20H15Br2ClN2O5/c1-2-3-6-29-18-14(21)7-11(8-15(18)22)9-17-20(26)30-19(24-17)13-5-4-12(25(27)28)10-16(13)23/h4-5,7-10H,2-3,6H2,1H3/b17-9-. The van der Waals surface area contributed by atoms with Crippen molar-refractivity contribution < 1.29 is 19.2 Å². The van der Waals surface area contributed by atoms with Crippen molar-refractivity contribution in [2.24, 2.45) is 4.99 Å². The van der Waals surface area contributed by atoms with Crippen molar-refractivity contribution >= 4 is 67.1 Å². The smallest absolute Gasteiger partial charge is 0.363 e. The molecule has 2 aromatic rings. The van der Waals surface area contributed by atoms with Crippen molar-refractivity contribution in [3.05, 3.63) is 71.2 Å². The molecular formula is C20H15Br2ClN2O5. The zero-order chi connectivity index (χ0) is 21.8. The number of hydrogen-bond donors (Lipinski definition) is 0. The van der Waals surface area contributed by atoms with Gasteiger partial charge < -0.3 is 9.47 Å². The highest BCUT2D eigenvalue weighted by atomic mass is 79.9. The van der Waals surface area contributed by atoms with Gasteiger partial charge in [0.25, 0.3) is 5.69 Å². The van der Waals surface area contributed by atoms with E-state index in [0.717, 1.165) is 21.8 Å². The van der Waals surface area contributed by atoms with Crippen LogP contribution in [-0.4, -0.2) is 23.4 Å². The van der Waals surface area contributed by atoms with Crippen LogP contribution in [0.4, 0.5) is 5.69 Å². The molecule has 0 saturated carbocycles. The fourth-order valence-electron chi connectivity index (χ4n) is 2.59. The maximum Gasteiger partial charge on any atom is 0.363 e. The van der Waals surface area contributed by atoms with E-state index in [1.807, 2.05) is 0 Å². The van der Waals surface area contributed by atoms with E-state index in [1.165, 1.54) is 18.2 Å². The molecule has 0 spiro atoms. The Morgan fingerprint density at radius 1 is 1.27 bits per heavy atom. The van der Waals surface area contributed by atoms with Crippen LogP contribution in [-0.2, 0) is 9.53 Å². The molecule has 0 amide bonds. The monoisotopic (exact) mass is 556 g/mol. The van der Waals surface area contributed by atoms with Crippen molar-refractivity contribution in [2.45, 2.75) is 19.8 Å². The number of hydrogen-bond acceptors (Lipinski definition) is 6. The molecule has 30 heavy (non-hydrogen) atoms. The average molecular weight is 559 g/mol. The maximum atomic E-state index is 12.3. The molecule has 1 heterocycles. The number of esters is 1. The first-order valence-corrected chi connectivity index (χ1v) is 10.8. The van der Waals surface area contributed by atoms with Gasteiger partial charge in [0.2, 0.25) is 5.90 Å². The first-order chi connectivity index (χ1) is 14.3. The summed E-state index contributed by atoms with van der Waals surface area (Å²) < 4.78 is 12.4. The van der Waals surface area contributed by atoms with Gasteiger partial charge in [0.1, 0.15) is 5.75 Å². The number of carbonyl (C=O) groups excluding carboxylic acids is 1. The van der Waals surface area contributed by atoms with Crippen LogP contribution in [0.5, 0.6) is 5.75 Å². The van der Waals surface area contributed by atoms with Gasteiger partial charge in [-0.1, -0.05) is 24.9 Å². The van der Waals surface area contributed by atoms with Gasteiger partial charge in [-0.3, -0.25) is 10.1 Å². The lowest BCUT2D eigenvalue weighted by Crippen LogP contribution is -2.06. The Labute approximate surface area is 194 Å². The van der Waals surface area contributed by atoms with Gasteiger partial charge in [-0.05, 0) is 68.1 Å². The van der Waals surface area contributed by atoms with E-state index in [-0.39, 0.29) is 22.3 Å². The maximum absolute atomic E-state index is 12.3. The summed E-state index contributed by atoms with van der Waals surface area (Å²) in [7, 11) is 0. The zero-order valence-corrected chi connectivity index (χ0v) is 19.6. The summed E-state index contributed by atoms with van der Waals surface area (Å²) in [6.07, 6.45) is 3.54. The topological polar surface area (TPSA) is 91.0 Å². The number of cyclic esters (lactones) is 1. The van der Waals surface area contributed by atoms with Gasteiger partial charge in [-0.2, -0.15) is 0 Å². The Kier molecular flexibility index (Phi) is 7.27.